The van der Waals surface area contributed by atoms with Crippen LogP contribution in [0, 0.1) is 16.9 Å². The predicted octanol–water partition coefficient (Wildman–Crippen LogP) is 12.8. The number of carbonyl (C=O) groups is 1. The molecule has 0 amide bonds. The van der Waals surface area contributed by atoms with Crippen molar-refractivity contribution in [1.29, 1.82) is 0 Å². The number of nitrogens with zero attached hydrogens (tertiary/aromatic N) is 1. The number of allylic oxidation sites excluding steroid dienone is 3. The SMILES string of the molecule is CC(C)c1cc(-c2nccc3c2C(C)(C)C(c2ccc([Si](C)(C)C)cc2)=C3)[c-]c2ccccc12.CCC(C)(CC)C(=O)/C=C(\O)C(C)(CC)CC.[Ir]. The van der Waals surface area contributed by atoms with Gasteiger partial charge in [-0.05, 0) is 59.9 Å². The molecule has 1 aliphatic rings. The van der Waals surface area contributed by atoms with Crippen molar-refractivity contribution in [2.24, 2.45) is 10.8 Å². The number of fused-ring (bicyclic) bond motifs is 2. The largest absolute Gasteiger partial charge is 0.512 e. The van der Waals surface area contributed by atoms with Crippen molar-refractivity contribution in [3.63, 3.8) is 0 Å². The Morgan fingerprint density at radius 3 is 2.02 bits per heavy atom. The molecule has 0 bridgehead atoms. The second-order valence-electron chi connectivity index (χ2n) is 16.9. The van der Waals surface area contributed by atoms with Gasteiger partial charge < -0.3 is 5.11 Å². The van der Waals surface area contributed by atoms with Gasteiger partial charge in [-0.15, -0.1) is 29.1 Å². The van der Waals surface area contributed by atoms with Crippen molar-refractivity contribution in [3.8, 4) is 11.3 Å². The maximum atomic E-state index is 12.2. The van der Waals surface area contributed by atoms with Gasteiger partial charge in [-0.2, -0.15) is 0 Å². The maximum absolute atomic E-state index is 12.2. The third kappa shape index (κ3) is 8.81. The summed E-state index contributed by atoms with van der Waals surface area (Å²) in [6, 6.07) is 26.1. The van der Waals surface area contributed by atoms with Crippen molar-refractivity contribution in [3.05, 3.63) is 107 Å². The fourth-order valence-electron chi connectivity index (χ4n) is 7.07. The number of hydrogen-bond acceptors (Lipinski definition) is 3. The van der Waals surface area contributed by atoms with E-state index in [1.54, 1.807) is 0 Å². The van der Waals surface area contributed by atoms with Crippen LogP contribution in [0.2, 0.25) is 19.6 Å². The summed E-state index contributed by atoms with van der Waals surface area (Å²) in [4.78, 5) is 17.1. The second-order valence-corrected chi connectivity index (χ2v) is 22.0. The van der Waals surface area contributed by atoms with E-state index in [1.807, 2.05) is 47.7 Å². The number of aliphatic hydroxyl groups excluding tert-OH is 1. The molecular formula is C47H62IrNO2Si-. The normalized spacial score (nSPS) is 14.3. The van der Waals surface area contributed by atoms with Gasteiger partial charge in [0.05, 0.1) is 8.07 Å². The van der Waals surface area contributed by atoms with E-state index < -0.39 is 8.07 Å². The fourth-order valence-corrected chi connectivity index (χ4v) is 8.24. The van der Waals surface area contributed by atoms with Crippen molar-refractivity contribution < 1.29 is 30.0 Å². The van der Waals surface area contributed by atoms with Crippen molar-refractivity contribution in [2.45, 2.75) is 126 Å². The molecule has 5 heteroatoms. The quantitative estimate of drug-likeness (QED) is 0.0706. The van der Waals surface area contributed by atoms with E-state index in [2.05, 4.69) is 120 Å². The number of benzene rings is 3. The van der Waals surface area contributed by atoms with Crippen LogP contribution in [0.3, 0.4) is 0 Å². The molecule has 1 aromatic heterocycles. The molecule has 0 saturated carbocycles. The van der Waals surface area contributed by atoms with Crippen molar-refractivity contribution in [2.75, 3.05) is 0 Å². The zero-order chi connectivity index (χ0) is 37.9. The van der Waals surface area contributed by atoms with Crippen LogP contribution in [-0.4, -0.2) is 23.9 Å². The molecule has 1 aliphatic carbocycles. The summed E-state index contributed by atoms with van der Waals surface area (Å²) < 4.78 is 0. The van der Waals surface area contributed by atoms with Gasteiger partial charge in [-0.1, -0.05) is 154 Å². The molecule has 281 valence electrons. The molecule has 4 aromatic rings. The Labute approximate surface area is 329 Å². The Bertz CT molecular complexity index is 1920. The Balaban J connectivity index is 0.000000347. The van der Waals surface area contributed by atoms with Crippen LogP contribution in [0.15, 0.2) is 78.7 Å². The predicted molar refractivity (Wildman–Crippen MR) is 224 cm³/mol. The Kier molecular flexibility index (Phi) is 14.1. The van der Waals surface area contributed by atoms with Crippen LogP contribution in [0.4, 0.5) is 0 Å². The van der Waals surface area contributed by atoms with Crippen molar-refractivity contribution in [1.82, 2.24) is 4.98 Å². The summed E-state index contributed by atoms with van der Waals surface area (Å²) in [6.45, 7) is 28.5. The number of rotatable bonds is 11. The summed E-state index contributed by atoms with van der Waals surface area (Å²) in [5.41, 5.74) is 8.01. The first-order chi connectivity index (χ1) is 23.9. The zero-order valence-electron chi connectivity index (χ0n) is 34.0. The molecule has 1 N–H and O–H groups in total. The van der Waals surface area contributed by atoms with Gasteiger partial charge in [-0.3, -0.25) is 9.78 Å². The molecule has 52 heavy (non-hydrogen) atoms. The van der Waals surface area contributed by atoms with Crippen LogP contribution in [0.5, 0.6) is 0 Å². The molecule has 0 fully saturated rings. The maximum Gasteiger partial charge on any atom is 0.164 e. The minimum atomic E-state index is -1.32. The molecule has 1 radical (unpaired) electrons. The van der Waals surface area contributed by atoms with Crippen LogP contribution in [0.25, 0.3) is 33.7 Å². The number of ketones is 1. The number of aliphatic hydroxyl groups is 1. The van der Waals surface area contributed by atoms with E-state index in [9.17, 15) is 9.90 Å². The molecular weight excluding hydrogens is 831 g/mol. The summed E-state index contributed by atoms with van der Waals surface area (Å²) in [5, 5.41) is 14.1. The van der Waals surface area contributed by atoms with Gasteiger partial charge >= 0.3 is 0 Å². The van der Waals surface area contributed by atoms with Crippen LogP contribution < -0.4 is 5.19 Å². The summed E-state index contributed by atoms with van der Waals surface area (Å²) in [5.74, 6) is 0.718. The molecule has 0 spiro atoms. The van der Waals surface area contributed by atoms with E-state index in [1.165, 1.54) is 44.5 Å². The van der Waals surface area contributed by atoms with Gasteiger partial charge in [-0.25, -0.2) is 0 Å². The van der Waals surface area contributed by atoms with Gasteiger partial charge in [0.15, 0.2) is 5.78 Å². The number of aromatic nitrogens is 1. The third-order valence-corrected chi connectivity index (χ3v) is 14.0. The first-order valence-electron chi connectivity index (χ1n) is 19.1. The Morgan fingerprint density at radius 1 is 0.904 bits per heavy atom. The molecule has 3 nitrogen and oxygen atoms in total. The number of hydrogen-bond donors (Lipinski definition) is 1. The molecule has 0 unspecified atom stereocenters. The third-order valence-electron chi connectivity index (χ3n) is 11.9. The molecule has 0 saturated heterocycles. The first-order valence-corrected chi connectivity index (χ1v) is 22.6. The minimum absolute atomic E-state index is 0. The molecule has 5 rings (SSSR count). The first kappa shape index (κ1) is 43.3. The fraction of sp³-hybridized carbons (Fsp3) is 0.447. The van der Waals surface area contributed by atoms with Crippen LogP contribution >= 0.6 is 0 Å². The van der Waals surface area contributed by atoms with Gasteiger partial charge in [0, 0.05) is 54.3 Å². The Morgan fingerprint density at radius 2 is 1.48 bits per heavy atom. The van der Waals surface area contributed by atoms with E-state index in [0.717, 1.165) is 42.3 Å². The second kappa shape index (κ2) is 16.9. The summed E-state index contributed by atoms with van der Waals surface area (Å²) in [7, 11) is -1.32. The molecule has 3 aromatic carbocycles. The minimum Gasteiger partial charge on any atom is -0.512 e. The average Bonchev–Trinajstić information content (AvgIpc) is 3.40. The zero-order valence-corrected chi connectivity index (χ0v) is 37.4. The van der Waals surface area contributed by atoms with Gasteiger partial charge in [0.1, 0.15) is 5.76 Å². The summed E-state index contributed by atoms with van der Waals surface area (Å²) >= 11 is 0. The van der Waals surface area contributed by atoms with Crippen LogP contribution in [-0.2, 0) is 30.3 Å². The number of pyridine rings is 1. The monoisotopic (exact) mass is 893 g/mol. The smallest absolute Gasteiger partial charge is 0.164 e. The Hall–Kier alpha value is -3.11. The van der Waals surface area contributed by atoms with Crippen LogP contribution in [0.1, 0.15) is 123 Å². The van der Waals surface area contributed by atoms with Gasteiger partial charge in [0.2, 0.25) is 0 Å². The van der Waals surface area contributed by atoms with E-state index in [0.29, 0.717) is 5.92 Å². The average molecular weight is 893 g/mol. The molecule has 0 atom stereocenters. The van der Waals surface area contributed by atoms with Crippen molar-refractivity contribution >= 4 is 41.5 Å². The molecule has 0 aliphatic heterocycles. The summed E-state index contributed by atoms with van der Waals surface area (Å²) in [6.07, 6.45) is 9.08. The van der Waals surface area contributed by atoms with E-state index in [4.69, 9.17) is 4.98 Å². The van der Waals surface area contributed by atoms with Gasteiger partial charge in [0.25, 0.3) is 0 Å². The number of carbonyl (C=O) groups excluding carboxylic acids is 1. The van der Waals surface area contributed by atoms with E-state index >= 15 is 0 Å². The van der Waals surface area contributed by atoms with E-state index in [-0.39, 0.29) is 47.9 Å². The molecule has 1 heterocycles. The standard InChI is InChI=1S/C32H34NSi.C15H28O2.Ir/c1-21(2)28-19-25(18-23-10-8-9-11-27(23)28)31-30-24(16-17-33-31)20-29(32(30,3)4)22-12-14-26(15-13-22)34(5,6)7;1-7-14(5,8-2)12(16)11-13(17)15(6,9-3)10-4;/h8-17,19-21H,1-7H3;11,16H,7-10H2,1-6H3;/q-1;;/b;12-11-;. The topological polar surface area (TPSA) is 50.2 Å².